The van der Waals surface area contributed by atoms with Gasteiger partial charge in [-0.3, -0.25) is 4.79 Å². The van der Waals surface area contributed by atoms with Crippen LogP contribution in [-0.4, -0.2) is 49.0 Å². The average molecular weight is 324 g/mol. The van der Waals surface area contributed by atoms with Crippen LogP contribution in [0.5, 0.6) is 0 Å². The first kappa shape index (κ1) is 16.5. The molecule has 1 aliphatic rings. The third-order valence-electron chi connectivity index (χ3n) is 4.44. The third kappa shape index (κ3) is 3.92. The molecule has 1 aliphatic heterocycles. The highest BCUT2D eigenvalue weighted by Crippen LogP contribution is 2.15. The number of benzene rings is 1. The Kier molecular flexibility index (Phi) is 5.11. The van der Waals surface area contributed by atoms with Crippen molar-refractivity contribution in [3.8, 4) is 0 Å². The Hall–Kier alpha value is -2.40. The van der Waals surface area contributed by atoms with E-state index in [2.05, 4.69) is 27.1 Å². The molecule has 0 spiro atoms. The van der Waals surface area contributed by atoms with Crippen molar-refractivity contribution in [2.24, 2.45) is 0 Å². The van der Waals surface area contributed by atoms with Gasteiger partial charge in [-0.15, -0.1) is 0 Å². The van der Waals surface area contributed by atoms with Gasteiger partial charge >= 0.3 is 0 Å². The summed E-state index contributed by atoms with van der Waals surface area (Å²) in [4.78, 5) is 21.6. The van der Waals surface area contributed by atoms with Crippen molar-refractivity contribution in [1.29, 1.82) is 0 Å². The summed E-state index contributed by atoms with van der Waals surface area (Å²) in [6, 6.07) is 15.6. The molecule has 1 saturated heterocycles. The van der Waals surface area contributed by atoms with Gasteiger partial charge in [0.1, 0.15) is 11.5 Å². The molecule has 1 aromatic heterocycles. The second-order valence-electron chi connectivity index (χ2n) is 6.28. The molecular formula is C19H24N4O. The van der Waals surface area contributed by atoms with Crippen molar-refractivity contribution >= 4 is 11.7 Å². The SMILES string of the molecule is CC(NC(=O)c1cccc(N2CCN(C)CC2)n1)c1ccccc1. The highest BCUT2D eigenvalue weighted by Gasteiger charge is 2.17. The van der Waals surface area contributed by atoms with E-state index in [9.17, 15) is 4.79 Å². The van der Waals surface area contributed by atoms with Gasteiger partial charge in [-0.25, -0.2) is 4.98 Å². The summed E-state index contributed by atoms with van der Waals surface area (Å²) in [7, 11) is 2.12. The lowest BCUT2D eigenvalue weighted by Gasteiger charge is -2.33. The number of nitrogens with zero attached hydrogens (tertiary/aromatic N) is 3. The predicted molar refractivity (Wildman–Crippen MR) is 96.3 cm³/mol. The fourth-order valence-corrected chi connectivity index (χ4v) is 2.86. The van der Waals surface area contributed by atoms with Gasteiger partial charge in [-0.2, -0.15) is 0 Å². The summed E-state index contributed by atoms with van der Waals surface area (Å²) in [5.41, 5.74) is 1.55. The molecule has 5 heteroatoms. The molecule has 0 bridgehead atoms. The van der Waals surface area contributed by atoms with Gasteiger partial charge in [0.05, 0.1) is 6.04 Å². The van der Waals surface area contributed by atoms with Gasteiger partial charge in [-0.1, -0.05) is 36.4 Å². The Morgan fingerprint density at radius 2 is 1.75 bits per heavy atom. The fourth-order valence-electron chi connectivity index (χ4n) is 2.86. The third-order valence-corrected chi connectivity index (χ3v) is 4.44. The lowest BCUT2D eigenvalue weighted by molar-refractivity contribution is 0.0935. The standard InChI is InChI=1S/C19H24N4O/c1-15(16-7-4-3-5-8-16)20-19(24)17-9-6-10-18(21-17)23-13-11-22(2)12-14-23/h3-10,15H,11-14H2,1-2H3,(H,20,24). The van der Waals surface area contributed by atoms with Gasteiger partial charge in [0.25, 0.3) is 5.91 Å². The zero-order chi connectivity index (χ0) is 16.9. The molecule has 2 heterocycles. The van der Waals surface area contributed by atoms with Gasteiger partial charge in [0.15, 0.2) is 0 Å². The van der Waals surface area contributed by atoms with Crippen LogP contribution in [0, 0.1) is 0 Å². The van der Waals surface area contributed by atoms with Gasteiger partial charge < -0.3 is 15.1 Å². The summed E-state index contributed by atoms with van der Waals surface area (Å²) in [5.74, 6) is 0.741. The molecule has 0 saturated carbocycles. The largest absolute Gasteiger partial charge is 0.354 e. The van der Waals surface area contributed by atoms with Crippen molar-refractivity contribution in [3.63, 3.8) is 0 Å². The smallest absolute Gasteiger partial charge is 0.270 e. The molecule has 24 heavy (non-hydrogen) atoms. The highest BCUT2D eigenvalue weighted by atomic mass is 16.1. The number of carbonyl (C=O) groups excluding carboxylic acids is 1. The molecule has 1 atom stereocenters. The summed E-state index contributed by atoms with van der Waals surface area (Å²) < 4.78 is 0. The number of anilines is 1. The molecule has 0 aliphatic carbocycles. The molecule has 1 N–H and O–H groups in total. The number of rotatable bonds is 4. The van der Waals surface area contributed by atoms with Crippen LogP contribution >= 0.6 is 0 Å². The molecule has 2 aromatic rings. The number of aromatic nitrogens is 1. The molecule has 0 radical (unpaired) electrons. The predicted octanol–water partition coefficient (Wildman–Crippen LogP) is 2.32. The quantitative estimate of drug-likeness (QED) is 0.938. The number of pyridine rings is 1. The van der Waals surface area contributed by atoms with Crippen LogP contribution in [0.2, 0.25) is 0 Å². The van der Waals surface area contributed by atoms with E-state index in [1.807, 2.05) is 49.4 Å². The number of nitrogens with one attached hydrogen (secondary N) is 1. The number of likely N-dealkylation sites (N-methyl/N-ethyl adjacent to an activating group) is 1. The summed E-state index contributed by atoms with van der Waals surface area (Å²) in [6.07, 6.45) is 0. The molecule has 1 amide bonds. The van der Waals surface area contributed by atoms with E-state index >= 15 is 0 Å². The highest BCUT2D eigenvalue weighted by molar-refractivity contribution is 5.92. The maximum Gasteiger partial charge on any atom is 0.270 e. The van der Waals surface area contributed by atoms with Crippen molar-refractivity contribution in [2.75, 3.05) is 38.1 Å². The Morgan fingerprint density at radius 3 is 2.46 bits per heavy atom. The molecule has 5 nitrogen and oxygen atoms in total. The zero-order valence-electron chi connectivity index (χ0n) is 14.3. The van der Waals surface area contributed by atoms with Crippen molar-refractivity contribution in [3.05, 3.63) is 59.8 Å². The maximum absolute atomic E-state index is 12.5. The lowest BCUT2D eigenvalue weighted by atomic mass is 10.1. The second kappa shape index (κ2) is 7.45. The van der Waals surface area contributed by atoms with E-state index in [0.29, 0.717) is 5.69 Å². The number of hydrogen-bond acceptors (Lipinski definition) is 4. The van der Waals surface area contributed by atoms with Crippen molar-refractivity contribution < 1.29 is 4.79 Å². The van der Waals surface area contributed by atoms with Crippen LogP contribution in [0.15, 0.2) is 48.5 Å². The molecule has 126 valence electrons. The molecule has 1 aromatic carbocycles. The first-order chi connectivity index (χ1) is 11.6. The lowest BCUT2D eigenvalue weighted by Crippen LogP contribution is -2.45. The number of piperazine rings is 1. The van der Waals surface area contributed by atoms with E-state index in [4.69, 9.17) is 0 Å². The first-order valence-electron chi connectivity index (χ1n) is 8.40. The van der Waals surface area contributed by atoms with Crippen molar-refractivity contribution in [1.82, 2.24) is 15.2 Å². The van der Waals surface area contributed by atoms with Gasteiger partial charge in [-0.05, 0) is 31.7 Å². The van der Waals surface area contributed by atoms with E-state index in [0.717, 1.165) is 37.6 Å². The van der Waals surface area contributed by atoms with Crippen LogP contribution in [0.4, 0.5) is 5.82 Å². The minimum atomic E-state index is -0.137. The van der Waals surface area contributed by atoms with Crippen LogP contribution in [0.3, 0.4) is 0 Å². The van der Waals surface area contributed by atoms with Crippen LogP contribution < -0.4 is 10.2 Å². The van der Waals surface area contributed by atoms with Gasteiger partial charge in [0.2, 0.25) is 0 Å². The summed E-state index contributed by atoms with van der Waals surface area (Å²) in [6.45, 7) is 5.90. The summed E-state index contributed by atoms with van der Waals surface area (Å²) >= 11 is 0. The fraction of sp³-hybridized carbons (Fsp3) is 0.368. The molecule has 1 fully saturated rings. The number of hydrogen-bond donors (Lipinski definition) is 1. The Bertz CT molecular complexity index is 681. The maximum atomic E-state index is 12.5. The Balaban J connectivity index is 1.68. The zero-order valence-corrected chi connectivity index (χ0v) is 14.3. The summed E-state index contributed by atoms with van der Waals surface area (Å²) in [5, 5.41) is 3.02. The minimum Gasteiger partial charge on any atom is -0.354 e. The van der Waals surface area contributed by atoms with E-state index in [1.54, 1.807) is 6.07 Å². The van der Waals surface area contributed by atoms with Crippen molar-refractivity contribution in [2.45, 2.75) is 13.0 Å². The Labute approximate surface area is 143 Å². The van der Waals surface area contributed by atoms with Crippen LogP contribution in [0.25, 0.3) is 0 Å². The first-order valence-corrected chi connectivity index (χ1v) is 8.40. The topological polar surface area (TPSA) is 48.5 Å². The van der Waals surface area contributed by atoms with E-state index < -0.39 is 0 Å². The molecular weight excluding hydrogens is 300 g/mol. The van der Waals surface area contributed by atoms with Crippen LogP contribution in [-0.2, 0) is 0 Å². The van der Waals surface area contributed by atoms with E-state index in [1.165, 1.54) is 0 Å². The minimum absolute atomic E-state index is 0.0483. The second-order valence-corrected chi connectivity index (χ2v) is 6.28. The normalized spacial score (nSPS) is 16.7. The molecule has 3 rings (SSSR count). The molecule has 1 unspecified atom stereocenters. The number of amides is 1. The van der Waals surface area contributed by atoms with Crippen LogP contribution in [0.1, 0.15) is 29.0 Å². The Morgan fingerprint density at radius 1 is 1.04 bits per heavy atom. The van der Waals surface area contributed by atoms with Gasteiger partial charge in [0, 0.05) is 26.2 Å². The monoisotopic (exact) mass is 324 g/mol. The van der Waals surface area contributed by atoms with E-state index in [-0.39, 0.29) is 11.9 Å². The average Bonchev–Trinajstić information content (AvgIpc) is 2.63. The number of carbonyl (C=O) groups is 1.